The summed E-state index contributed by atoms with van der Waals surface area (Å²) in [6.45, 7) is 0. The Morgan fingerprint density at radius 3 is 2.54 bits per heavy atom. The van der Waals surface area contributed by atoms with E-state index in [2.05, 4.69) is 10.3 Å². The van der Waals surface area contributed by atoms with Crippen LogP contribution in [0.25, 0.3) is 9.88 Å². The van der Waals surface area contributed by atoms with Gasteiger partial charge in [0.1, 0.15) is 10.7 Å². The predicted molar refractivity (Wildman–Crippen MR) is 102 cm³/mol. The normalized spacial score (nSPS) is 11.7. The van der Waals surface area contributed by atoms with Gasteiger partial charge >= 0.3 is 0 Å². The quantitative estimate of drug-likeness (QED) is 0.631. The number of carbonyl (C=O) groups excluding carboxylic acids is 1. The summed E-state index contributed by atoms with van der Waals surface area (Å²) in [5.41, 5.74) is 0.786. The second-order valence-corrected chi connectivity index (χ2v) is 8.83. The molecule has 0 saturated heterocycles. The average molecular weight is 410 g/mol. The van der Waals surface area contributed by atoms with E-state index in [1.54, 1.807) is 16.7 Å². The molecule has 10 heteroatoms. The van der Waals surface area contributed by atoms with Crippen LogP contribution in [-0.4, -0.2) is 37.9 Å². The molecule has 1 N–H and O–H groups in total. The van der Waals surface area contributed by atoms with Crippen molar-refractivity contribution in [1.29, 1.82) is 0 Å². The summed E-state index contributed by atoms with van der Waals surface area (Å²) in [4.78, 5) is 22.5. The highest BCUT2D eigenvalue weighted by atomic mass is 32.2. The standard InChI is InChI=1S/C16H15N3O4S3/c1-19(23-2)26(21,22)12-7-5-11(6-8-12)17-15(20)13-10-25-16(18-13)14-4-3-9-24-14/h3-10H,1-2H3,(H,17,20). The van der Waals surface area contributed by atoms with E-state index in [-0.39, 0.29) is 10.8 Å². The maximum absolute atomic E-state index is 12.3. The minimum atomic E-state index is -3.72. The van der Waals surface area contributed by atoms with Gasteiger partial charge in [0.05, 0.1) is 16.9 Å². The second kappa shape index (κ2) is 7.64. The molecule has 0 fully saturated rings. The van der Waals surface area contributed by atoms with Gasteiger partial charge in [-0.3, -0.25) is 9.63 Å². The largest absolute Gasteiger partial charge is 0.321 e. The Labute approximate surface area is 158 Å². The fourth-order valence-electron chi connectivity index (χ4n) is 2.04. The Hall–Kier alpha value is -2.11. The van der Waals surface area contributed by atoms with E-state index in [1.165, 1.54) is 49.8 Å². The Bertz CT molecular complexity index is 996. The molecule has 136 valence electrons. The Morgan fingerprint density at radius 2 is 1.92 bits per heavy atom. The molecule has 2 heterocycles. The smallest absolute Gasteiger partial charge is 0.275 e. The lowest BCUT2D eigenvalue weighted by atomic mass is 10.3. The van der Waals surface area contributed by atoms with Gasteiger partial charge in [0.25, 0.3) is 15.9 Å². The van der Waals surface area contributed by atoms with E-state index in [1.807, 2.05) is 17.5 Å². The summed E-state index contributed by atoms with van der Waals surface area (Å²) in [5, 5.41) is 7.14. The molecular formula is C16H15N3O4S3. The second-order valence-electron chi connectivity index (χ2n) is 5.09. The third-order valence-electron chi connectivity index (χ3n) is 3.47. The van der Waals surface area contributed by atoms with E-state index in [0.29, 0.717) is 11.4 Å². The number of anilines is 1. The van der Waals surface area contributed by atoms with Crippen LogP contribution in [0.3, 0.4) is 0 Å². The minimum absolute atomic E-state index is 0.0634. The first-order valence-corrected chi connectivity index (χ1v) is 10.6. The van der Waals surface area contributed by atoms with Gasteiger partial charge in [0.15, 0.2) is 0 Å². The van der Waals surface area contributed by atoms with Crippen LogP contribution in [0.1, 0.15) is 10.5 Å². The molecule has 0 unspecified atom stereocenters. The van der Waals surface area contributed by atoms with Crippen molar-refractivity contribution in [3.8, 4) is 9.88 Å². The van der Waals surface area contributed by atoms with E-state index in [4.69, 9.17) is 4.84 Å². The predicted octanol–water partition coefficient (Wildman–Crippen LogP) is 3.31. The molecule has 0 atom stereocenters. The van der Waals surface area contributed by atoms with Crippen LogP contribution >= 0.6 is 22.7 Å². The lowest BCUT2D eigenvalue weighted by Gasteiger charge is -2.14. The zero-order valence-corrected chi connectivity index (χ0v) is 16.3. The summed E-state index contributed by atoms with van der Waals surface area (Å²) < 4.78 is 25.0. The summed E-state index contributed by atoms with van der Waals surface area (Å²) >= 11 is 2.96. The van der Waals surface area contributed by atoms with Crippen molar-refractivity contribution in [3.63, 3.8) is 0 Å². The van der Waals surface area contributed by atoms with E-state index in [9.17, 15) is 13.2 Å². The number of hydrogen-bond acceptors (Lipinski definition) is 7. The summed E-state index contributed by atoms with van der Waals surface area (Å²) in [5.74, 6) is -0.353. The highest BCUT2D eigenvalue weighted by molar-refractivity contribution is 7.89. The van der Waals surface area contributed by atoms with Gasteiger partial charge in [-0.25, -0.2) is 13.4 Å². The highest BCUT2D eigenvalue weighted by Crippen LogP contribution is 2.28. The van der Waals surface area contributed by atoms with Crippen molar-refractivity contribution >= 4 is 44.3 Å². The van der Waals surface area contributed by atoms with Gasteiger partial charge in [-0.05, 0) is 35.7 Å². The molecule has 0 aliphatic heterocycles. The Balaban J connectivity index is 1.72. The number of thiazole rings is 1. The molecule has 0 spiro atoms. The first-order chi connectivity index (χ1) is 12.4. The van der Waals surface area contributed by atoms with Crippen LogP contribution in [0.4, 0.5) is 5.69 Å². The maximum Gasteiger partial charge on any atom is 0.275 e. The summed E-state index contributed by atoms with van der Waals surface area (Å²) in [7, 11) is -1.15. The zero-order chi connectivity index (χ0) is 18.7. The average Bonchev–Trinajstić information content (AvgIpc) is 3.32. The first-order valence-electron chi connectivity index (χ1n) is 7.35. The molecule has 3 aromatic rings. The molecule has 0 bridgehead atoms. The van der Waals surface area contributed by atoms with Crippen LogP contribution in [0.15, 0.2) is 52.1 Å². The van der Waals surface area contributed by atoms with Gasteiger partial charge in [-0.1, -0.05) is 10.5 Å². The van der Waals surface area contributed by atoms with Crippen molar-refractivity contribution in [2.45, 2.75) is 4.90 Å². The fraction of sp³-hybridized carbons (Fsp3) is 0.125. The van der Waals surface area contributed by atoms with Crippen molar-refractivity contribution in [2.75, 3.05) is 19.5 Å². The van der Waals surface area contributed by atoms with Crippen LogP contribution in [0.5, 0.6) is 0 Å². The van der Waals surface area contributed by atoms with Crippen molar-refractivity contribution in [1.82, 2.24) is 9.45 Å². The van der Waals surface area contributed by atoms with Crippen molar-refractivity contribution in [2.24, 2.45) is 0 Å². The number of nitrogens with zero attached hydrogens (tertiary/aromatic N) is 2. The first kappa shape index (κ1) is 18.7. The van der Waals surface area contributed by atoms with E-state index >= 15 is 0 Å². The molecule has 3 rings (SSSR count). The number of thiophene rings is 1. The number of aromatic nitrogens is 1. The lowest BCUT2D eigenvalue weighted by molar-refractivity contribution is -0.0258. The van der Waals surface area contributed by atoms with Crippen LogP contribution < -0.4 is 5.32 Å². The van der Waals surface area contributed by atoms with Crippen LogP contribution in [-0.2, 0) is 14.9 Å². The van der Waals surface area contributed by atoms with Crippen LogP contribution in [0, 0.1) is 0 Å². The van der Waals surface area contributed by atoms with Gasteiger partial charge in [-0.15, -0.1) is 22.7 Å². The lowest BCUT2D eigenvalue weighted by Crippen LogP contribution is -2.25. The summed E-state index contributed by atoms with van der Waals surface area (Å²) in [6.07, 6.45) is 0. The minimum Gasteiger partial charge on any atom is -0.321 e. The molecule has 1 amide bonds. The molecule has 1 aromatic carbocycles. The molecule has 0 aliphatic rings. The number of benzene rings is 1. The SMILES string of the molecule is CON(C)S(=O)(=O)c1ccc(NC(=O)c2csc(-c3cccs3)n2)cc1. The molecule has 7 nitrogen and oxygen atoms in total. The number of sulfonamides is 1. The Morgan fingerprint density at radius 1 is 1.19 bits per heavy atom. The van der Waals surface area contributed by atoms with Gasteiger partial charge < -0.3 is 5.32 Å². The molecule has 0 radical (unpaired) electrons. The number of rotatable bonds is 6. The topological polar surface area (TPSA) is 88.6 Å². The maximum atomic E-state index is 12.3. The van der Waals surface area contributed by atoms with Gasteiger partial charge in [0, 0.05) is 18.1 Å². The third-order valence-corrected chi connectivity index (χ3v) is 7.05. The summed E-state index contributed by atoms with van der Waals surface area (Å²) in [6, 6.07) is 9.71. The highest BCUT2D eigenvalue weighted by Gasteiger charge is 2.20. The van der Waals surface area contributed by atoms with Crippen molar-refractivity contribution < 1.29 is 18.0 Å². The number of amides is 1. The molecule has 26 heavy (non-hydrogen) atoms. The number of hydrogen-bond donors (Lipinski definition) is 1. The Kier molecular flexibility index (Phi) is 5.49. The molecular weight excluding hydrogens is 394 g/mol. The van der Waals surface area contributed by atoms with E-state index < -0.39 is 10.0 Å². The third kappa shape index (κ3) is 3.84. The number of carbonyl (C=O) groups is 1. The zero-order valence-electron chi connectivity index (χ0n) is 13.9. The van der Waals surface area contributed by atoms with Crippen molar-refractivity contribution in [3.05, 3.63) is 52.9 Å². The number of hydroxylamine groups is 1. The van der Waals surface area contributed by atoms with Gasteiger partial charge in [0.2, 0.25) is 0 Å². The van der Waals surface area contributed by atoms with Gasteiger partial charge in [-0.2, -0.15) is 0 Å². The fourth-order valence-corrected chi connectivity index (χ4v) is 4.63. The number of nitrogens with one attached hydrogen (secondary N) is 1. The van der Waals surface area contributed by atoms with E-state index in [0.717, 1.165) is 14.4 Å². The molecule has 2 aromatic heterocycles. The molecule has 0 aliphatic carbocycles. The monoisotopic (exact) mass is 409 g/mol. The van der Waals surface area contributed by atoms with Crippen LogP contribution in [0.2, 0.25) is 0 Å². The molecule has 0 saturated carbocycles.